The summed E-state index contributed by atoms with van der Waals surface area (Å²) in [6.07, 6.45) is 14.2. The van der Waals surface area contributed by atoms with Crippen LogP contribution in [0.4, 0.5) is 0 Å². The van der Waals surface area contributed by atoms with Gasteiger partial charge in [-0.2, -0.15) is 0 Å². The van der Waals surface area contributed by atoms with Gasteiger partial charge in [0.15, 0.2) is 0 Å². The Hall–Kier alpha value is -1.41. The number of nitrogens with one attached hydrogen (secondary N) is 1. The fraction of sp³-hybridized carbons (Fsp3) is 0.400. The van der Waals surface area contributed by atoms with Gasteiger partial charge in [-0.25, -0.2) is 0 Å². The van der Waals surface area contributed by atoms with Crippen LogP contribution in [0.1, 0.15) is 26.7 Å². The third-order valence-electron chi connectivity index (χ3n) is 2.93. The smallest absolute Gasteiger partial charge is 0.147 e. The SMILES string of the molecule is C/C=C\C(C[C@H](NC)C(C)=O)=C1\C=CC=CC1. The fourth-order valence-corrected chi connectivity index (χ4v) is 1.93. The van der Waals surface area contributed by atoms with Crippen molar-refractivity contribution in [1.29, 1.82) is 0 Å². The second kappa shape index (κ2) is 7.02. The molecule has 0 aliphatic heterocycles. The molecule has 0 saturated heterocycles. The molecule has 17 heavy (non-hydrogen) atoms. The van der Waals surface area contributed by atoms with E-state index >= 15 is 0 Å². The highest BCUT2D eigenvalue weighted by molar-refractivity contribution is 5.81. The Balaban J connectivity index is 2.90. The van der Waals surface area contributed by atoms with Crippen molar-refractivity contribution in [1.82, 2.24) is 5.32 Å². The summed E-state index contributed by atoms with van der Waals surface area (Å²) in [7, 11) is 1.83. The van der Waals surface area contributed by atoms with Crippen molar-refractivity contribution in [2.45, 2.75) is 32.7 Å². The third-order valence-corrected chi connectivity index (χ3v) is 2.93. The predicted molar refractivity (Wildman–Crippen MR) is 72.9 cm³/mol. The number of allylic oxidation sites excluding steroid dienone is 7. The standard InChI is InChI=1S/C15H21NO/c1-4-8-14(11-15(16-3)12(2)17)13-9-6-5-7-10-13/h4-9,15-16H,10-11H2,1-3H3/b8-4-,14-13+/t15-/m0/s1. The first kappa shape index (κ1) is 13.7. The molecular formula is C15H21NO. The van der Waals surface area contributed by atoms with E-state index in [-0.39, 0.29) is 11.8 Å². The molecule has 0 heterocycles. The largest absolute Gasteiger partial charge is 0.310 e. The van der Waals surface area contributed by atoms with E-state index in [1.807, 2.05) is 26.1 Å². The van der Waals surface area contributed by atoms with E-state index in [1.165, 1.54) is 11.1 Å². The van der Waals surface area contributed by atoms with Gasteiger partial charge in [-0.15, -0.1) is 0 Å². The number of hydrogen-bond donors (Lipinski definition) is 1. The minimum Gasteiger partial charge on any atom is -0.310 e. The molecule has 1 N–H and O–H groups in total. The molecule has 2 nitrogen and oxygen atoms in total. The summed E-state index contributed by atoms with van der Waals surface area (Å²) in [5, 5.41) is 3.07. The van der Waals surface area contributed by atoms with E-state index in [0.717, 1.165) is 12.8 Å². The summed E-state index contributed by atoms with van der Waals surface area (Å²) in [6, 6.07) is -0.0898. The van der Waals surface area contributed by atoms with Crippen molar-refractivity contribution in [2.75, 3.05) is 7.05 Å². The van der Waals surface area contributed by atoms with Crippen LogP contribution in [0.5, 0.6) is 0 Å². The Bertz CT molecular complexity index is 386. The van der Waals surface area contributed by atoms with Crippen LogP contribution in [-0.4, -0.2) is 18.9 Å². The van der Waals surface area contributed by atoms with Gasteiger partial charge in [0.1, 0.15) is 5.78 Å². The van der Waals surface area contributed by atoms with E-state index in [1.54, 1.807) is 6.92 Å². The normalized spacial score (nSPS) is 19.7. The van der Waals surface area contributed by atoms with Gasteiger partial charge in [0.2, 0.25) is 0 Å². The zero-order chi connectivity index (χ0) is 12.7. The lowest BCUT2D eigenvalue weighted by molar-refractivity contribution is -0.118. The summed E-state index contributed by atoms with van der Waals surface area (Å²) >= 11 is 0. The first-order valence-corrected chi connectivity index (χ1v) is 6.04. The summed E-state index contributed by atoms with van der Waals surface area (Å²) in [5.74, 6) is 0.186. The Kier molecular flexibility index (Phi) is 5.64. The Morgan fingerprint density at radius 2 is 2.29 bits per heavy atom. The third kappa shape index (κ3) is 4.16. The molecule has 0 aromatic carbocycles. The molecule has 0 bridgehead atoms. The molecule has 1 aliphatic rings. The van der Waals surface area contributed by atoms with E-state index in [4.69, 9.17) is 0 Å². The van der Waals surface area contributed by atoms with Crippen molar-refractivity contribution in [3.63, 3.8) is 0 Å². The zero-order valence-corrected chi connectivity index (χ0v) is 10.9. The number of likely N-dealkylation sites (N-methyl/N-ethyl adjacent to an activating group) is 1. The molecule has 0 saturated carbocycles. The van der Waals surface area contributed by atoms with Gasteiger partial charge in [0.25, 0.3) is 0 Å². The van der Waals surface area contributed by atoms with E-state index in [9.17, 15) is 4.79 Å². The van der Waals surface area contributed by atoms with Crippen LogP contribution in [0, 0.1) is 0 Å². The maximum atomic E-state index is 11.5. The van der Waals surface area contributed by atoms with Crippen molar-refractivity contribution < 1.29 is 4.79 Å². The molecule has 1 rings (SSSR count). The fourth-order valence-electron chi connectivity index (χ4n) is 1.93. The summed E-state index contributed by atoms with van der Waals surface area (Å²) < 4.78 is 0. The summed E-state index contributed by atoms with van der Waals surface area (Å²) in [4.78, 5) is 11.5. The molecule has 0 aromatic rings. The number of Topliss-reactive ketones (excluding diaryl/α,β-unsaturated/α-hetero) is 1. The highest BCUT2D eigenvalue weighted by Crippen LogP contribution is 2.20. The van der Waals surface area contributed by atoms with Gasteiger partial charge in [-0.05, 0) is 44.9 Å². The van der Waals surface area contributed by atoms with Gasteiger partial charge >= 0.3 is 0 Å². The lowest BCUT2D eigenvalue weighted by atomic mass is 9.94. The number of rotatable bonds is 5. The van der Waals surface area contributed by atoms with E-state index in [2.05, 4.69) is 29.6 Å². The van der Waals surface area contributed by atoms with Crippen molar-refractivity contribution in [3.8, 4) is 0 Å². The Morgan fingerprint density at radius 3 is 2.76 bits per heavy atom. The van der Waals surface area contributed by atoms with Crippen LogP contribution in [-0.2, 0) is 4.79 Å². The lowest BCUT2D eigenvalue weighted by Crippen LogP contribution is -2.32. The maximum absolute atomic E-state index is 11.5. The minimum absolute atomic E-state index is 0.0898. The first-order valence-electron chi connectivity index (χ1n) is 6.04. The van der Waals surface area contributed by atoms with Crippen molar-refractivity contribution in [2.24, 2.45) is 0 Å². The second-order valence-corrected chi connectivity index (χ2v) is 4.20. The molecule has 0 fully saturated rings. The molecule has 0 amide bonds. The van der Waals surface area contributed by atoms with Crippen LogP contribution in [0.3, 0.4) is 0 Å². The second-order valence-electron chi connectivity index (χ2n) is 4.20. The van der Waals surface area contributed by atoms with Gasteiger partial charge in [-0.3, -0.25) is 4.79 Å². The highest BCUT2D eigenvalue weighted by atomic mass is 16.1. The zero-order valence-electron chi connectivity index (χ0n) is 10.9. The average molecular weight is 231 g/mol. The molecule has 0 radical (unpaired) electrons. The Labute approximate surface area is 104 Å². The average Bonchev–Trinajstić information content (AvgIpc) is 2.35. The van der Waals surface area contributed by atoms with Gasteiger partial charge < -0.3 is 5.32 Å². The molecule has 1 atom stereocenters. The molecule has 1 aliphatic carbocycles. The van der Waals surface area contributed by atoms with Crippen LogP contribution in [0.2, 0.25) is 0 Å². The van der Waals surface area contributed by atoms with Crippen LogP contribution >= 0.6 is 0 Å². The van der Waals surface area contributed by atoms with Crippen molar-refractivity contribution >= 4 is 5.78 Å². The van der Waals surface area contributed by atoms with Crippen molar-refractivity contribution in [3.05, 3.63) is 47.6 Å². The lowest BCUT2D eigenvalue weighted by Gasteiger charge is -2.16. The Morgan fingerprint density at radius 1 is 1.53 bits per heavy atom. The summed E-state index contributed by atoms with van der Waals surface area (Å²) in [6.45, 7) is 3.64. The molecule has 0 spiro atoms. The van der Waals surface area contributed by atoms with Gasteiger partial charge in [-0.1, -0.05) is 36.5 Å². The molecule has 0 aromatic heterocycles. The van der Waals surface area contributed by atoms with Crippen LogP contribution < -0.4 is 5.32 Å². The number of hydrogen-bond acceptors (Lipinski definition) is 2. The highest BCUT2D eigenvalue weighted by Gasteiger charge is 2.14. The molecule has 92 valence electrons. The summed E-state index contributed by atoms with van der Waals surface area (Å²) in [5.41, 5.74) is 2.54. The topological polar surface area (TPSA) is 29.1 Å². The molecular weight excluding hydrogens is 210 g/mol. The quantitative estimate of drug-likeness (QED) is 0.788. The molecule has 2 heteroatoms. The number of ketones is 1. The minimum atomic E-state index is -0.0898. The van der Waals surface area contributed by atoms with Crippen LogP contribution in [0.25, 0.3) is 0 Å². The van der Waals surface area contributed by atoms with Crippen LogP contribution in [0.15, 0.2) is 47.6 Å². The number of carbonyl (C=O) groups is 1. The van der Waals surface area contributed by atoms with E-state index in [0.29, 0.717) is 0 Å². The molecule has 0 unspecified atom stereocenters. The maximum Gasteiger partial charge on any atom is 0.147 e. The monoisotopic (exact) mass is 231 g/mol. The van der Waals surface area contributed by atoms with E-state index < -0.39 is 0 Å². The predicted octanol–water partition coefficient (Wildman–Crippen LogP) is 2.94. The first-order chi connectivity index (χ1) is 8.19. The number of carbonyl (C=O) groups excluding carboxylic acids is 1. The van der Waals surface area contributed by atoms with Gasteiger partial charge in [0, 0.05) is 0 Å². The van der Waals surface area contributed by atoms with Gasteiger partial charge in [0.05, 0.1) is 6.04 Å².